The van der Waals surface area contributed by atoms with E-state index in [1.807, 2.05) is 24.5 Å². The normalized spacial score (nSPS) is 17.8. The van der Waals surface area contributed by atoms with Gasteiger partial charge in [-0.2, -0.15) is 5.10 Å². The molecule has 1 atom stereocenters. The molecule has 5 heteroatoms. The van der Waals surface area contributed by atoms with E-state index in [4.69, 9.17) is 4.98 Å². The summed E-state index contributed by atoms with van der Waals surface area (Å²) in [6.07, 6.45) is 8.02. The summed E-state index contributed by atoms with van der Waals surface area (Å²) in [4.78, 5) is 11.7. The van der Waals surface area contributed by atoms with Crippen molar-refractivity contribution in [3.05, 3.63) is 71.9 Å². The van der Waals surface area contributed by atoms with Gasteiger partial charge in [0.25, 0.3) is 0 Å². The first-order valence-electron chi connectivity index (χ1n) is 8.52. The van der Waals surface area contributed by atoms with Crippen molar-refractivity contribution in [3.8, 4) is 0 Å². The van der Waals surface area contributed by atoms with E-state index >= 15 is 0 Å². The molecule has 24 heavy (non-hydrogen) atoms. The van der Waals surface area contributed by atoms with Gasteiger partial charge in [0.05, 0.1) is 11.7 Å². The zero-order valence-electron chi connectivity index (χ0n) is 13.6. The Hall–Kier alpha value is -2.69. The molecule has 0 aliphatic carbocycles. The Labute approximate surface area is 141 Å². The number of rotatable bonds is 4. The molecule has 4 rings (SSSR count). The molecule has 0 radical (unpaired) electrons. The van der Waals surface area contributed by atoms with Crippen LogP contribution in [0.4, 0.5) is 5.82 Å². The SMILES string of the molecule is c1ccc(Cc2nccc(N3CCCCC3c3ccn[nH]3)n2)cc1. The molecule has 1 aliphatic rings. The third kappa shape index (κ3) is 3.15. The molecule has 1 N–H and O–H groups in total. The first-order chi connectivity index (χ1) is 11.9. The zero-order chi connectivity index (χ0) is 16.2. The Bertz CT molecular complexity index is 769. The summed E-state index contributed by atoms with van der Waals surface area (Å²) in [5.74, 6) is 1.88. The summed E-state index contributed by atoms with van der Waals surface area (Å²) in [7, 11) is 0. The lowest BCUT2D eigenvalue weighted by Gasteiger charge is -2.36. The van der Waals surface area contributed by atoms with Gasteiger partial charge in [-0.1, -0.05) is 30.3 Å². The average Bonchev–Trinajstić information content (AvgIpc) is 3.17. The van der Waals surface area contributed by atoms with Crippen LogP contribution >= 0.6 is 0 Å². The van der Waals surface area contributed by atoms with Crippen LogP contribution in [0.3, 0.4) is 0 Å². The van der Waals surface area contributed by atoms with E-state index in [-0.39, 0.29) is 0 Å². The Morgan fingerprint density at radius 2 is 1.96 bits per heavy atom. The molecule has 0 saturated carbocycles. The van der Waals surface area contributed by atoms with Crippen LogP contribution < -0.4 is 4.90 Å². The van der Waals surface area contributed by atoms with E-state index < -0.39 is 0 Å². The van der Waals surface area contributed by atoms with Crippen molar-refractivity contribution in [3.63, 3.8) is 0 Å². The van der Waals surface area contributed by atoms with Crippen LogP contribution in [-0.2, 0) is 6.42 Å². The van der Waals surface area contributed by atoms with Crippen LogP contribution in [0.1, 0.15) is 42.4 Å². The molecule has 1 aliphatic heterocycles. The van der Waals surface area contributed by atoms with Gasteiger partial charge in [0.2, 0.25) is 0 Å². The fraction of sp³-hybridized carbons (Fsp3) is 0.316. The predicted octanol–water partition coefficient (Wildman–Crippen LogP) is 3.52. The summed E-state index contributed by atoms with van der Waals surface area (Å²) in [6.45, 7) is 1.02. The first-order valence-corrected chi connectivity index (χ1v) is 8.52. The molecule has 2 aromatic heterocycles. The molecule has 1 aromatic carbocycles. The van der Waals surface area contributed by atoms with E-state index in [0.717, 1.165) is 36.7 Å². The lowest BCUT2D eigenvalue weighted by molar-refractivity contribution is 0.460. The lowest BCUT2D eigenvalue weighted by atomic mass is 9.99. The second-order valence-corrected chi connectivity index (χ2v) is 6.21. The molecule has 122 valence electrons. The summed E-state index contributed by atoms with van der Waals surface area (Å²) in [6, 6.07) is 14.8. The Kier molecular flexibility index (Phi) is 4.23. The van der Waals surface area contributed by atoms with Gasteiger partial charge in [-0.15, -0.1) is 0 Å². The van der Waals surface area contributed by atoms with Gasteiger partial charge in [-0.3, -0.25) is 5.10 Å². The van der Waals surface area contributed by atoms with E-state index in [2.05, 4.69) is 50.4 Å². The zero-order valence-corrected chi connectivity index (χ0v) is 13.6. The summed E-state index contributed by atoms with van der Waals surface area (Å²) in [5.41, 5.74) is 2.40. The lowest BCUT2D eigenvalue weighted by Crippen LogP contribution is -2.34. The molecule has 0 bridgehead atoms. The van der Waals surface area contributed by atoms with Crippen molar-refractivity contribution in [2.75, 3.05) is 11.4 Å². The second-order valence-electron chi connectivity index (χ2n) is 6.21. The van der Waals surface area contributed by atoms with Crippen LogP contribution in [0.25, 0.3) is 0 Å². The number of piperidine rings is 1. The highest BCUT2D eigenvalue weighted by molar-refractivity contribution is 5.41. The van der Waals surface area contributed by atoms with Gasteiger partial charge in [0, 0.05) is 25.4 Å². The van der Waals surface area contributed by atoms with Gasteiger partial charge in [0.15, 0.2) is 0 Å². The average molecular weight is 319 g/mol. The maximum absolute atomic E-state index is 4.83. The Balaban J connectivity index is 1.59. The fourth-order valence-corrected chi connectivity index (χ4v) is 3.39. The van der Waals surface area contributed by atoms with Crippen molar-refractivity contribution in [2.24, 2.45) is 0 Å². The smallest absolute Gasteiger partial charge is 0.135 e. The van der Waals surface area contributed by atoms with Gasteiger partial charge < -0.3 is 4.90 Å². The van der Waals surface area contributed by atoms with E-state index in [9.17, 15) is 0 Å². The second kappa shape index (κ2) is 6.83. The summed E-state index contributed by atoms with van der Waals surface area (Å²) >= 11 is 0. The monoisotopic (exact) mass is 319 g/mol. The summed E-state index contributed by atoms with van der Waals surface area (Å²) < 4.78 is 0. The maximum Gasteiger partial charge on any atom is 0.135 e. The fourth-order valence-electron chi connectivity index (χ4n) is 3.39. The Morgan fingerprint density at radius 3 is 2.79 bits per heavy atom. The number of H-pyrrole nitrogens is 1. The molecule has 3 aromatic rings. The number of nitrogens with one attached hydrogen (secondary N) is 1. The number of hydrogen-bond donors (Lipinski definition) is 1. The van der Waals surface area contributed by atoms with Crippen LogP contribution in [-0.4, -0.2) is 26.7 Å². The van der Waals surface area contributed by atoms with Crippen LogP contribution in [0.15, 0.2) is 54.9 Å². The van der Waals surface area contributed by atoms with Gasteiger partial charge in [-0.25, -0.2) is 9.97 Å². The van der Waals surface area contributed by atoms with Crippen molar-refractivity contribution in [1.29, 1.82) is 0 Å². The molecular weight excluding hydrogens is 298 g/mol. The molecule has 0 amide bonds. The van der Waals surface area contributed by atoms with Crippen molar-refractivity contribution in [1.82, 2.24) is 20.2 Å². The molecule has 3 heterocycles. The third-order valence-corrected chi connectivity index (χ3v) is 4.57. The van der Waals surface area contributed by atoms with E-state index in [1.54, 1.807) is 0 Å². The standard InChI is InChI=1S/C19H21N5/c1-2-6-15(7-3-1)14-18-20-11-10-19(22-18)24-13-5-4-8-17(24)16-9-12-21-23-16/h1-3,6-7,9-12,17H,4-5,8,13-14H2,(H,21,23). The first kappa shape index (κ1) is 14.9. The topological polar surface area (TPSA) is 57.7 Å². The molecular formula is C19H21N5. The highest BCUT2D eigenvalue weighted by atomic mass is 15.2. The quantitative estimate of drug-likeness (QED) is 0.799. The van der Waals surface area contributed by atoms with Gasteiger partial charge in [0.1, 0.15) is 11.6 Å². The van der Waals surface area contributed by atoms with Crippen molar-refractivity contribution < 1.29 is 0 Å². The minimum Gasteiger partial charge on any atom is -0.348 e. The molecule has 1 fully saturated rings. The van der Waals surface area contributed by atoms with Crippen molar-refractivity contribution in [2.45, 2.75) is 31.7 Å². The molecule has 0 spiro atoms. The van der Waals surface area contributed by atoms with Gasteiger partial charge >= 0.3 is 0 Å². The number of hydrogen-bond acceptors (Lipinski definition) is 4. The minimum atomic E-state index is 0.320. The number of benzene rings is 1. The highest BCUT2D eigenvalue weighted by Crippen LogP contribution is 2.32. The van der Waals surface area contributed by atoms with Crippen LogP contribution in [0.2, 0.25) is 0 Å². The number of aromatic nitrogens is 4. The predicted molar refractivity (Wildman–Crippen MR) is 93.8 cm³/mol. The minimum absolute atomic E-state index is 0.320. The molecule has 1 unspecified atom stereocenters. The summed E-state index contributed by atoms with van der Waals surface area (Å²) in [5, 5.41) is 7.24. The highest BCUT2D eigenvalue weighted by Gasteiger charge is 2.26. The van der Waals surface area contributed by atoms with Crippen molar-refractivity contribution >= 4 is 5.82 Å². The molecule has 5 nitrogen and oxygen atoms in total. The van der Waals surface area contributed by atoms with E-state index in [0.29, 0.717) is 6.04 Å². The Morgan fingerprint density at radius 1 is 1.04 bits per heavy atom. The van der Waals surface area contributed by atoms with E-state index in [1.165, 1.54) is 18.4 Å². The van der Waals surface area contributed by atoms with Gasteiger partial charge in [-0.05, 0) is 37.0 Å². The molecule has 1 saturated heterocycles. The maximum atomic E-state index is 4.83. The number of aromatic amines is 1. The third-order valence-electron chi connectivity index (χ3n) is 4.57. The number of nitrogens with zero attached hydrogens (tertiary/aromatic N) is 4. The number of anilines is 1. The van der Waals surface area contributed by atoms with Crippen LogP contribution in [0.5, 0.6) is 0 Å². The largest absolute Gasteiger partial charge is 0.348 e. The van der Waals surface area contributed by atoms with Crippen LogP contribution in [0, 0.1) is 0 Å².